The van der Waals surface area contributed by atoms with E-state index in [-0.39, 0.29) is 12.5 Å². The standard InChI is InChI=1S/C21H32N4O/c1-4-25(5-2)16-18-11-7-8-12-19(18)23-15-20(26)24(3)21(17-22)13-9-6-10-14-21/h7-8,11-12,23H,4-6,9-10,13-16H2,1-3H3. The SMILES string of the molecule is CCN(CC)Cc1ccccc1NCC(=O)N(C)C1(C#N)CCCCC1. The largest absolute Gasteiger partial charge is 0.376 e. The summed E-state index contributed by atoms with van der Waals surface area (Å²) in [6.07, 6.45) is 4.76. The van der Waals surface area contributed by atoms with E-state index in [2.05, 4.69) is 36.2 Å². The summed E-state index contributed by atoms with van der Waals surface area (Å²) in [5, 5.41) is 13.0. The minimum absolute atomic E-state index is 0.0221. The summed E-state index contributed by atoms with van der Waals surface area (Å²) in [5.41, 5.74) is 1.56. The van der Waals surface area contributed by atoms with Crippen LogP contribution in [0.1, 0.15) is 51.5 Å². The normalized spacial score (nSPS) is 16.1. The zero-order valence-electron chi connectivity index (χ0n) is 16.4. The maximum absolute atomic E-state index is 12.7. The molecule has 1 saturated carbocycles. The Kier molecular flexibility index (Phi) is 7.47. The van der Waals surface area contributed by atoms with Gasteiger partial charge in [-0.25, -0.2) is 0 Å². The van der Waals surface area contributed by atoms with Gasteiger partial charge in [-0.1, -0.05) is 51.3 Å². The van der Waals surface area contributed by atoms with Crippen molar-refractivity contribution in [3.8, 4) is 6.07 Å². The first kappa shape index (κ1) is 20.3. The predicted molar refractivity (Wildman–Crippen MR) is 106 cm³/mol. The molecule has 1 N–H and O–H groups in total. The fraction of sp³-hybridized carbons (Fsp3) is 0.619. The van der Waals surface area contributed by atoms with Crippen LogP contribution in [-0.2, 0) is 11.3 Å². The lowest BCUT2D eigenvalue weighted by Crippen LogP contribution is -2.51. The molecule has 1 fully saturated rings. The van der Waals surface area contributed by atoms with Crippen LogP contribution in [0.15, 0.2) is 24.3 Å². The van der Waals surface area contributed by atoms with E-state index in [4.69, 9.17) is 0 Å². The monoisotopic (exact) mass is 356 g/mol. The van der Waals surface area contributed by atoms with E-state index >= 15 is 0 Å². The highest BCUT2D eigenvalue weighted by atomic mass is 16.2. The molecular formula is C21H32N4O. The molecule has 1 aromatic rings. The van der Waals surface area contributed by atoms with Crippen LogP contribution < -0.4 is 5.32 Å². The molecular weight excluding hydrogens is 324 g/mol. The number of amides is 1. The maximum Gasteiger partial charge on any atom is 0.242 e. The number of anilines is 1. The number of carbonyl (C=O) groups excluding carboxylic acids is 1. The molecule has 2 rings (SSSR count). The molecule has 0 aromatic heterocycles. The van der Waals surface area contributed by atoms with Crippen molar-refractivity contribution < 1.29 is 4.79 Å². The second kappa shape index (κ2) is 9.59. The number of rotatable bonds is 8. The molecule has 0 unspecified atom stereocenters. The predicted octanol–water partition coefficient (Wildman–Crippen LogP) is 3.63. The zero-order chi connectivity index (χ0) is 19.0. The fourth-order valence-corrected chi connectivity index (χ4v) is 3.71. The van der Waals surface area contributed by atoms with Gasteiger partial charge < -0.3 is 10.2 Å². The van der Waals surface area contributed by atoms with E-state index < -0.39 is 5.54 Å². The molecule has 0 spiro atoms. The summed E-state index contributed by atoms with van der Waals surface area (Å²) in [7, 11) is 1.78. The number of benzene rings is 1. The highest BCUT2D eigenvalue weighted by Gasteiger charge is 2.38. The molecule has 5 heteroatoms. The number of carbonyl (C=O) groups is 1. The molecule has 0 heterocycles. The topological polar surface area (TPSA) is 59.4 Å². The summed E-state index contributed by atoms with van der Waals surface area (Å²) < 4.78 is 0. The number of hydrogen-bond acceptors (Lipinski definition) is 4. The molecule has 1 aliphatic carbocycles. The van der Waals surface area contributed by atoms with Gasteiger partial charge in [-0.05, 0) is 37.6 Å². The van der Waals surface area contributed by atoms with Gasteiger partial charge in [0, 0.05) is 19.3 Å². The van der Waals surface area contributed by atoms with Crippen LogP contribution in [0.4, 0.5) is 5.69 Å². The molecule has 0 saturated heterocycles. The summed E-state index contributed by atoms with van der Waals surface area (Å²) in [5.74, 6) is -0.0221. The summed E-state index contributed by atoms with van der Waals surface area (Å²) >= 11 is 0. The molecule has 0 atom stereocenters. The van der Waals surface area contributed by atoms with Crippen LogP contribution >= 0.6 is 0 Å². The summed E-state index contributed by atoms with van der Waals surface area (Å²) in [6, 6.07) is 10.6. The Morgan fingerprint density at radius 2 is 1.85 bits per heavy atom. The Balaban J connectivity index is 2.02. The van der Waals surface area contributed by atoms with Crippen LogP contribution in [0.25, 0.3) is 0 Å². The number of hydrogen-bond donors (Lipinski definition) is 1. The first-order chi connectivity index (χ1) is 12.6. The molecule has 0 bridgehead atoms. The maximum atomic E-state index is 12.7. The van der Waals surface area contributed by atoms with Gasteiger partial charge in [0.2, 0.25) is 5.91 Å². The van der Waals surface area contributed by atoms with Crippen LogP contribution in [0.5, 0.6) is 0 Å². The van der Waals surface area contributed by atoms with Gasteiger partial charge in [-0.15, -0.1) is 0 Å². The van der Waals surface area contributed by atoms with Crippen molar-refractivity contribution in [3.63, 3.8) is 0 Å². The third kappa shape index (κ3) is 4.76. The van der Waals surface area contributed by atoms with Gasteiger partial charge >= 0.3 is 0 Å². The Morgan fingerprint density at radius 1 is 1.19 bits per heavy atom. The number of para-hydroxylation sites is 1. The van der Waals surface area contributed by atoms with Crippen molar-refractivity contribution in [1.82, 2.24) is 9.80 Å². The lowest BCUT2D eigenvalue weighted by Gasteiger charge is -2.39. The molecule has 1 amide bonds. The third-order valence-corrected chi connectivity index (χ3v) is 5.64. The van der Waals surface area contributed by atoms with Crippen molar-refractivity contribution in [2.45, 2.75) is 58.0 Å². The van der Waals surface area contributed by atoms with Gasteiger partial charge in [-0.2, -0.15) is 5.26 Å². The molecule has 1 aliphatic rings. The zero-order valence-corrected chi connectivity index (χ0v) is 16.4. The number of nitrogens with zero attached hydrogens (tertiary/aromatic N) is 3. The lowest BCUT2D eigenvalue weighted by atomic mass is 9.81. The minimum atomic E-state index is -0.627. The second-order valence-electron chi connectivity index (χ2n) is 7.13. The van der Waals surface area contributed by atoms with Crippen molar-refractivity contribution in [2.24, 2.45) is 0 Å². The quantitative estimate of drug-likeness (QED) is 0.773. The van der Waals surface area contributed by atoms with Crippen molar-refractivity contribution in [1.29, 1.82) is 5.26 Å². The average Bonchev–Trinajstić information content (AvgIpc) is 2.70. The van der Waals surface area contributed by atoms with Gasteiger partial charge in [-0.3, -0.25) is 9.69 Å². The molecule has 0 aliphatic heterocycles. The summed E-state index contributed by atoms with van der Waals surface area (Å²) in [4.78, 5) is 16.7. The Morgan fingerprint density at radius 3 is 2.46 bits per heavy atom. The van der Waals surface area contributed by atoms with Gasteiger partial charge in [0.25, 0.3) is 0 Å². The molecule has 1 aromatic carbocycles. The average molecular weight is 357 g/mol. The van der Waals surface area contributed by atoms with Gasteiger partial charge in [0.15, 0.2) is 0 Å². The molecule has 5 nitrogen and oxygen atoms in total. The first-order valence-electron chi connectivity index (χ1n) is 9.78. The van der Waals surface area contributed by atoms with Crippen LogP contribution in [0, 0.1) is 11.3 Å². The molecule has 26 heavy (non-hydrogen) atoms. The minimum Gasteiger partial charge on any atom is -0.376 e. The van der Waals surface area contributed by atoms with E-state index in [1.165, 1.54) is 5.56 Å². The Hall–Kier alpha value is -2.06. The third-order valence-electron chi connectivity index (χ3n) is 5.64. The van der Waals surface area contributed by atoms with Crippen molar-refractivity contribution in [2.75, 3.05) is 32.0 Å². The Labute approximate surface area is 158 Å². The second-order valence-corrected chi connectivity index (χ2v) is 7.13. The van der Waals surface area contributed by atoms with E-state index in [0.29, 0.717) is 0 Å². The van der Waals surface area contributed by atoms with E-state index in [9.17, 15) is 10.1 Å². The molecule has 0 radical (unpaired) electrons. The number of nitriles is 1. The van der Waals surface area contributed by atoms with Gasteiger partial charge in [0.05, 0.1) is 12.6 Å². The van der Waals surface area contributed by atoms with E-state index in [0.717, 1.165) is 57.4 Å². The molecule has 142 valence electrons. The Bertz CT molecular complexity index is 627. The highest BCUT2D eigenvalue weighted by Crippen LogP contribution is 2.32. The van der Waals surface area contributed by atoms with Gasteiger partial charge in [0.1, 0.15) is 5.54 Å². The number of nitrogens with one attached hydrogen (secondary N) is 1. The van der Waals surface area contributed by atoms with E-state index in [1.54, 1.807) is 11.9 Å². The lowest BCUT2D eigenvalue weighted by molar-refractivity contribution is -0.132. The fourth-order valence-electron chi connectivity index (χ4n) is 3.71. The van der Waals surface area contributed by atoms with Crippen LogP contribution in [0.3, 0.4) is 0 Å². The van der Waals surface area contributed by atoms with Crippen LogP contribution in [0.2, 0.25) is 0 Å². The van der Waals surface area contributed by atoms with Crippen molar-refractivity contribution in [3.05, 3.63) is 29.8 Å². The van der Waals surface area contributed by atoms with Crippen molar-refractivity contribution >= 4 is 11.6 Å². The summed E-state index contributed by atoms with van der Waals surface area (Å²) in [6.45, 7) is 7.39. The van der Waals surface area contributed by atoms with Crippen LogP contribution in [-0.4, -0.2) is 47.9 Å². The van der Waals surface area contributed by atoms with E-state index in [1.807, 2.05) is 18.2 Å². The highest BCUT2D eigenvalue weighted by molar-refractivity contribution is 5.82. The number of likely N-dealkylation sites (N-methyl/N-ethyl adjacent to an activating group) is 1. The smallest absolute Gasteiger partial charge is 0.242 e. The first-order valence-corrected chi connectivity index (χ1v) is 9.78.